The van der Waals surface area contributed by atoms with E-state index in [0.29, 0.717) is 21.3 Å². The van der Waals surface area contributed by atoms with Crippen LogP contribution in [0.1, 0.15) is 46.8 Å². The molecule has 0 unspecified atom stereocenters. The lowest BCUT2D eigenvalue weighted by Gasteiger charge is -2.14. The van der Waals surface area contributed by atoms with Crippen LogP contribution in [0.25, 0.3) is 0 Å². The minimum Gasteiger partial charge on any atom is -0.483 e. The Morgan fingerprint density at radius 3 is 2.50 bits per heavy atom. The van der Waals surface area contributed by atoms with E-state index in [0.717, 1.165) is 15.6 Å². The second-order valence-electron chi connectivity index (χ2n) is 7.84. The van der Waals surface area contributed by atoms with Gasteiger partial charge < -0.3 is 9.47 Å². The number of ether oxygens (including phenoxy) is 2. The van der Waals surface area contributed by atoms with E-state index in [1.165, 1.54) is 6.21 Å². The van der Waals surface area contributed by atoms with Crippen molar-refractivity contribution >= 4 is 50.0 Å². The van der Waals surface area contributed by atoms with Crippen LogP contribution in [0.3, 0.4) is 0 Å². The standard InChI is InChI=1S/C26H24Br2N2O4/c1-16(2)21-10-9-17(3)11-23(21)33-15-24(31)30-29-14-19-12-20(27)13-22(28)25(19)34-26(32)18-7-5-4-6-8-18/h4-14,16H,15H2,1-3H3,(H,30,31)/b29-14-. The number of hydrogen-bond donors (Lipinski definition) is 1. The van der Waals surface area contributed by atoms with Crippen LogP contribution in [-0.4, -0.2) is 24.7 Å². The highest BCUT2D eigenvalue weighted by atomic mass is 79.9. The molecule has 1 amide bonds. The quantitative estimate of drug-likeness (QED) is 0.143. The maximum absolute atomic E-state index is 12.5. The van der Waals surface area contributed by atoms with Crippen LogP contribution < -0.4 is 14.9 Å². The fourth-order valence-electron chi connectivity index (χ4n) is 3.10. The summed E-state index contributed by atoms with van der Waals surface area (Å²) in [4.78, 5) is 24.8. The molecular weight excluding hydrogens is 564 g/mol. The third-order valence-corrected chi connectivity index (χ3v) is 5.83. The number of nitrogens with one attached hydrogen (secondary N) is 1. The third-order valence-electron chi connectivity index (χ3n) is 4.78. The van der Waals surface area contributed by atoms with Crippen LogP contribution in [0, 0.1) is 6.92 Å². The molecule has 0 fully saturated rings. The van der Waals surface area contributed by atoms with Crippen molar-refractivity contribution in [2.45, 2.75) is 26.7 Å². The second kappa shape index (κ2) is 11.9. The van der Waals surface area contributed by atoms with Crippen molar-refractivity contribution in [3.8, 4) is 11.5 Å². The van der Waals surface area contributed by atoms with Gasteiger partial charge in [0.2, 0.25) is 0 Å². The van der Waals surface area contributed by atoms with Gasteiger partial charge in [-0.25, -0.2) is 10.2 Å². The zero-order chi connectivity index (χ0) is 24.7. The maximum Gasteiger partial charge on any atom is 0.343 e. The number of aryl methyl sites for hydroxylation is 1. The van der Waals surface area contributed by atoms with Crippen LogP contribution in [-0.2, 0) is 4.79 Å². The van der Waals surface area contributed by atoms with E-state index in [2.05, 4.69) is 56.2 Å². The lowest BCUT2D eigenvalue weighted by atomic mass is 10.0. The van der Waals surface area contributed by atoms with Gasteiger partial charge in [0.25, 0.3) is 5.91 Å². The smallest absolute Gasteiger partial charge is 0.343 e. The van der Waals surface area contributed by atoms with Crippen LogP contribution in [0.5, 0.6) is 11.5 Å². The molecule has 8 heteroatoms. The summed E-state index contributed by atoms with van der Waals surface area (Å²) in [6.07, 6.45) is 1.41. The van der Waals surface area contributed by atoms with Crippen molar-refractivity contribution in [3.63, 3.8) is 0 Å². The van der Waals surface area contributed by atoms with E-state index in [9.17, 15) is 9.59 Å². The van der Waals surface area contributed by atoms with Crippen LogP contribution in [0.4, 0.5) is 0 Å². The SMILES string of the molecule is Cc1ccc(C(C)C)c(OCC(=O)N/N=C\c2cc(Br)cc(Br)c2OC(=O)c2ccccc2)c1. The highest BCUT2D eigenvalue weighted by Gasteiger charge is 2.15. The lowest BCUT2D eigenvalue weighted by molar-refractivity contribution is -0.123. The van der Waals surface area contributed by atoms with Gasteiger partial charge in [-0.3, -0.25) is 4.79 Å². The summed E-state index contributed by atoms with van der Waals surface area (Å²) in [5, 5.41) is 4.01. The Kier molecular flexibility index (Phi) is 9.01. The number of rotatable bonds is 8. The lowest BCUT2D eigenvalue weighted by Crippen LogP contribution is -2.25. The van der Waals surface area contributed by atoms with Gasteiger partial charge in [0.1, 0.15) is 5.75 Å². The number of halogens is 2. The van der Waals surface area contributed by atoms with Crippen LogP contribution >= 0.6 is 31.9 Å². The summed E-state index contributed by atoms with van der Waals surface area (Å²) in [5.41, 5.74) is 5.45. The summed E-state index contributed by atoms with van der Waals surface area (Å²) < 4.78 is 12.6. The Morgan fingerprint density at radius 2 is 1.79 bits per heavy atom. The van der Waals surface area contributed by atoms with Crippen molar-refractivity contribution in [2.75, 3.05) is 6.61 Å². The molecule has 0 aromatic heterocycles. The number of esters is 1. The molecule has 0 aliphatic carbocycles. The molecule has 3 rings (SSSR count). The fraction of sp³-hybridized carbons (Fsp3) is 0.192. The van der Waals surface area contributed by atoms with Gasteiger partial charge in [-0.05, 0) is 70.2 Å². The molecule has 0 spiro atoms. The van der Waals surface area contributed by atoms with E-state index in [-0.39, 0.29) is 18.3 Å². The van der Waals surface area contributed by atoms with Crippen molar-refractivity contribution < 1.29 is 19.1 Å². The summed E-state index contributed by atoms with van der Waals surface area (Å²) >= 11 is 6.83. The first-order valence-electron chi connectivity index (χ1n) is 10.6. The van der Waals surface area contributed by atoms with E-state index in [1.807, 2.05) is 31.2 Å². The second-order valence-corrected chi connectivity index (χ2v) is 9.61. The van der Waals surface area contributed by atoms with Crippen LogP contribution in [0.15, 0.2) is 74.7 Å². The molecule has 1 N–H and O–H groups in total. The first kappa shape index (κ1) is 25.6. The van der Waals surface area contributed by atoms with Gasteiger partial charge in [-0.1, -0.05) is 60.1 Å². The van der Waals surface area contributed by atoms with Gasteiger partial charge in [0.15, 0.2) is 12.4 Å². The van der Waals surface area contributed by atoms with E-state index >= 15 is 0 Å². The number of nitrogens with zero attached hydrogens (tertiary/aromatic N) is 1. The largest absolute Gasteiger partial charge is 0.483 e. The number of hydrazone groups is 1. The maximum atomic E-state index is 12.5. The number of carbonyl (C=O) groups excluding carboxylic acids is 2. The van der Waals surface area contributed by atoms with Crippen molar-refractivity contribution in [1.29, 1.82) is 0 Å². The fourth-order valence-corrected chi connectivity index (χ4v) is 4.44. The molecule has 0 aliphatic rings. The topological polar surface area (TPSA) is 77.0 Å². The molecule has 0 saturated carbocycles. The minimum absolute atomic E-state index is 0.182. The Labute approximate surface area is 215 Å². The molecule has 0 aliphatic heterocycles. The Balaban J connectivity index is 1.68. The highest BCUT2D eigenvalue weighted by Crippen LogP contribution is 2.33. The van der Waals surface area contributed by atoms with E-state index in [1.54, 1.807) is 36.4 Å². The van der Waals surface area contributed by atoms with Crippen molar-refractivity contribution in [1.82, 2.24) is 5.43 Å². The minimum atomic E-state index is -0.505. The van der Waals surface area contributed by atoms with Gasteiger partial charge in [0, 0.05) is 10.0 Å². The Morgan fingerprint density at radius 1 is 1.06 bits per heavy atom. The molecule has 34 heavy (non-hydrogen) atoms. The number of amides is 1. The van der Waals surface area contributed by atoms with Gasteiger partial charge in [-0.15, -0.1) is 0 Å². The number of carbonyl (C=O) groups is 2. The van der Waals surface area contributed by atoms with Gasteiger partial charge in [0.05, 0.1) is 16.3 Å². The summed E-state index contributed by atoms with van der Waals surface area (Å²) in [6, 6.07) is 18.1. The molecule has 6 nitrogen and oxygen atoms in total. The number of benzene rings is 3. The summed E-state index contributed by atoms with van der Waals surface area (Å²) in [5.74, 6) is 0.315. The normalized spacial score (nSPS) is 11.0. The molecule has 0 saturated heterocycles. The predicted octanol–water partition coefficient (Wildman–Crippen LogP) is 6.39. The average Bonchev–Trinajstić information content (AvgIpc) is 2.80. The monoisotopic (exact) mass is 586 g/mol. The Bertz CT molecular complexity index is 1210. The number of hydrogen-bond acceptors (Lipinski definition) is 5. The molecule has 3 aromatic rings. The molecule has 0 bridgehead atoms. The molecule has 3 aromatic carbocycles. The first-order valence-corrected chi connectivity index (χ1v) is 12.1. The van der Waals surface area contributed by atoms with E-state index < -0.39 is 11.9 Å². The highest BCUT2D eigenvalue weighted by molar-refractivity contribution is 9.11. The molecule has 176 valence electrons. The Hall–Kier alpha value is -2.97. The van der Waals surface area contributed by atoms with Crippen molar-refractivity contribution in [3.05, 3.63) is 91.9 Å². The summed E-state index contributed by atoms with van der Waals surface area (Å²) in [6.45, 7) is 5.93. The molecule has 0 heterocycles. The first-order chi connectivity index (χ1) is 16.2. The summed E-state index contributed by atoms with van der Waals surface area (Å²) in [7, 11) is 0. The predicted molar refractivity (Wildman–Crippen MR) is 140 cm³/mol. The van der Waals surface area contributed by atoms with Gasteiger partial charge >= 0.3 is 5.97 Å². The zero-order valence-corrected chi connectivity index (χ0v) is 22.1. The molecule has 0 radical (unpaired) electrons. The average molecular weight is 588 g/mol. The molecular formula is C26H24Br2N2O4. The third kappa shape index (κ3) is 7.01. The molecule has 0 atom stereocenters. The van der Waals surface area contributed by atoms with Crippen molar-refractivity contribution in [2.24, 2.45) is 5.10 Å². The van der Waals surface area contributed by atoms with Crippen LogP contribution in [0.2, 0.25) is 0 Å². The van der Waals surface area contributed by atoms with Gasteiger partial charge in [-0.2, -0.15) is 5.10 Å². The zero-order valence-electron chi connectivity index (χ0n) is 19.0. The van der Waals surface area contributed by atoms with E-state index in [4.69, 9.17) is 9.47 Å².